The first-order chi connectivity index (χ1) is 9.15. The zero-order valence-corrected chi connectivity index (χ0v) is 11.6. The third-order valence-electron chi connectivity index (χ3n) is 4.21. The van der Waals surface area contributed by atoms with E-state index in [2.05, 4.69) is 42.7 Å². The van der Waals surface area contributed by atoms with Gasteiger partial charge in [-0.15, -0.1) is 0 Å². The van der Waals surface area contributed by atoms with E-state index in [1.807, 2.05) is 4.90 Å². The lowest BCUT2D eigenvalue weighted by Gasteiger charge is -2.22. The summed E-state index contributed by atoms with van der Waals surface area (Å²) in [4.78, 5) is 14.1. The van der Waals surface area contributed by atoms with E-state index in [-0.39, 0.29) is 12.1 Å². The molecule has 0 saturated carbocycles. The zero-order chi connectivity index (χ0) is 13.4. The van der Waals surface area contributed by atoms with Crippen LogP contribution in [0.5, 0.6) is 0 Å². The van der Waals surface area contributed by atoms with Gasteiger partial charge >= 0.3 is 6.03 Å². The van der Waals surface area contributed by atoms with Gasteiger partial charge in [-0.2, -0.15) is 0 Å². The van der Waals surface area contributed by atoms with E-state index in [1.165, 1.54) is 16.7 Å². The highest BCUT2D eigenvalue weighted by molar-refractivity contribution is 5.77. The van der Waals surface area contributed by atoms with Crippen LogP contribution in [-0.2, 0) is 0 Å². The minimum absolute atomic E-state index is 0.0821. The standard InChI is InChI=1S/C15H21N3O/c1-10-3-4-13(11(2)7-10)14-9-18(15(19)17-14)12-5-6-16-8-12/h3-4,7,12,14,16H,5-6,8-9H2,1-2H3,(H,17,19). The Morgan fingerprint density at radius 1 is 1.32 bits per heavy atom. The molecular weight excluding hydrogens is 238 g/mol. The van der Waals surface area contributed by atoms with E-state index in [4.69, 9.17) is 0 Å². The Bertz CT molecular complexity index is 494. The van der Waals surface area contributed by atoms with Crippen molar-refractivity contribution < 1.29 is 4.79 Å². The lowest BCUT2D eigenvalue weighted by Crippen LogP contribution is -2.39. The van der Waals surface area contributed by atoms with Gasteiger partial charge in [-0.1, -0.05) is 23.8 Å². The number of rotatable bonds is 2. The predicted octanol–water partition coefficient (Wildman–Crippen LogP) is 1.73. The van der Waals surface area contributed by atoms with Gasteiger partial charge in [0.05, 0.1) is 6.04 Å². The van der Waals surface area contributed by atoms with Crippen molar-refractivity contribution in [1.29, 1.82) is 0 Å². The number of hydrogen-bond donors (Lipinski definition) is 2. The molecule has 4 heteroatoms. The Balaban J connectivity index is 1.78. The molecule has 3 rings (SSSR count). The third kappa shape index (κ3) is 2.32. The fraction of sp³-hybridized carbons (Fsp3) is 0.533. The average molecular weight is 259 g/mol. The van der Waals surface area contributed by atoms with Crippen LogP contribution in [-0.4, -0.2) is 36.6 Å². The van der Waals surface area contributed by atoms with Gasteiger partial charge in [0.25, 0.3) is 0 Å². The average Bonchev–Trinajstić information content (AvgIpc) is 2.98. The number of hydrogen-bond acceptors (Lipinski definition) is 2. The summed E-state index contributed by atoms with van der Waals surface area (Å²) in [5.74, 6) is 0. The highest BCUT2D eigenvalue weighted by Gasteiger charge is 2.35. The topological polar surface area (TPSA) is 44.4 Å². The molecule has 2 fully saturated rings. The second-order valence-electron chi connectivity index (χ2n) is 5.66. The molecular formula is C15H21N3O. The Hall–Kier alpha value is -1.55. The Kier molecular flexibility index (Phi) is 3.19. The smallest absolute Gasteiger partial charge is 0.318 e. The van der Waals surface area contributed by atoms with Gasteiger partial charge in [0, 0.05) is 19.1 Å². The van der Waals surface area contributed by atoms with Crippen LogP contribution in [0.2, 0.25) is 0 Å². The van der Waals surface area contributed by atoms with Crippen LogP contribution in [0.25, 0.3) is 0 Å². The molecule has 0 aliphatic carbocycles. The third-order valence-corrected chi connectivity index (χ3v) is 4.21. The largest absolute Gasteiger partial charge is 0.329 e. The molecule has 19 heavy (non-hydrogen) atoms. The summed E-state index contributed by atoms with van der Waals surface area (Å²) in [5.41, 5.74) is 3.77. The molecule has 0 bridgehead atoms. The molecule has 4 nitrogen and oxygen atoms in total. The summed E-state index contributed by atoms with van der Waals surface area (Å²) in [5, 5.41) is 6.44. The number of carbonyl (C=O) groups is 1. The Morgan fingerprint density at radius 3 is 2.84 bits per heavy atom. The van der Waals surface area contributed by atoms with Crippen LogP contribution in [0, 0.1) is 13.8 Å². The number of aryl methyl sites for hydroxylation is 2. The molecule has 2 saturated heterocycles. The molecule has 2 atom stereocenters. The highest BCUT2D eigenvalue weighted by Crippen LogP contribution is 2.26. The predicted molar refractivity (Wildman–Crippen MR) is 75.2 cm³/mol. The molecule has 1 aromatic carbocycles. The van der Waals surface area contributed by atoms with Crippen molar-refractivity contribution in [1.82, 2.24) is 15.5 Å². The summed E-state index contributed by atoms with van der Waals surface area (Å²) in [7, 11) is 0. The van der Waals surface area contributed by atoms with E-state index < -0.39 is 0 Å². The summed E-state index contributed by atoms with van der Waals surface area (Å²) in [6.45, 7) is 6.94. The Morgan fingerprint density at radius 2 is 2.16 bits per heavy atom. The molecule has 0 aromatic heterocycles. The monoisotopic (exact) mass is 259 g/mol. The zero-order valence-electron chi connectivity index (χ0n) is 11.6. The van der Waals surface area contributed by atoms with Gasteiger partial charge in [-0.25, -0.2) is 4.79 Å². The maximum atomic E-state index is 12.1. The van der Waals surface area contributed by atoms with Crippen LogP contribution in [0.3, 0.4) is 0 Å². The number of urea groups is 1. The molecule has 2 heterocycles. The van der Waals surface area contributed by atoms with Crippen molar-refractivity contribution in [3.05, 3.63) is 34.9 Å². The second kappa shape index (κ2) is 4.85. The van der Waals surface area contributed by atoms with Crippen molar-refractivity contribution >= 4 is 6.03 Å². The van der Waals surface area contributed by atoms with Crippen LogP contribution in [0.4, 0.5) is 4.79 Å². The van der Waals surface area contributed by atoms with E-state index >= 15 is 0 Å². The molecule has 2 aliphatic rings. The maximum Gasteiger partial charge on any atom is 0.318 e. The summed E-state index contributed by atoms with van der Waals surface area (Å²) in [6.07, 6.45) is 1.06. The first-order valence-corrected chi connectivity index (χ1v) is 7.00. The number of nitrogens with zero attached hydrogens (tertiary/aromatic N) is 1. The van der Waals surface area contributed by atoms with Crippen LogP contribution in [0.15, 0.2) is 18.2 Å². The van der Waals surface area contributed by atoms with Crippen LogP contribution >= 0.6 is 0 Å². The molecule has 102 valence electrons. The maximum absolute atomic E-state index is 12.1. The van der Waals surface area contributed by atoms with Crippen molar-refractivity contribution in [3.63, 3.8) is 0 Å². The van der Waals surface area contributed by atoms with Gasteiger partial charge in [0.15, 0.2) is 0 Å². The summed E-state index contributed by atoms with van der Waals surface area (Å²) >= 11 is 0. The number of benzene rings is 1. The quantitative estimate of drug-likeness (QED) is 0.849. The second-order valence-corrected chi connectivity index (χ2v) is 5.66. The lowest BCUT2D eigenvalue weighted by atomic mass is 9.99. The van der Waals surface area contributed by atoms with Crippen molar-refractivity contribution in [2.75, 3.05) is 19.6 Å². The minimum atomic E-state index is 0.0821. The van der Waals surface area contributed by atoms with Gasteiger partial charge in [0.2, 0.25) is 0 Å². The molecule has 2 amide bonds. The minimum Gasteiger partial charge on any atom is -0.329 e. The molecule has 2 unspecified atom stereocenters. The van der Waals surface area contributed by atoms with E-state index in [1.54, 1.807) is 0 Å². The van der Waals surface area contributed by atoms with E-state index in [9.17, 15) is 4.79 Å². The first kappa shape index (κ1) is 12.5. The lowest BCUT2D eigenvalue weighted by molar-refractivity contribution is 0.201. The van der Waals surface area contributed by atoms with Crippen molar-refractivity contribution in [2.24, 2.45) is 0 Å². The van der Waals surface area contributed by atoms with E-state index in [0.29, 0.717) is 6.04 Å². The van der Waals surface area contributed by atoms with Gasteiger partial charge in [0.1, 0.15) is 0 Å². The summed E-state index contributed by atoms with van der Waals surface area (Å²) < 4.78 is 0. The fourth-order valence-corrected chi connectivity index (χ4v) is 3.17. The number of nitrogens with one attached hydrogen (secondary N) is 2. The first-order valence-electron chi connectivity index (χ1n) is 7.00. The SMILES string of the molecule is Cc1ccc(C2CN(C3CCNC3)C(=O)N2)c(C)c1. The Labute approximate surface area is 114 Å². The summed E-state index contributed by atoms with van der Waals surface area (Å²) in [6, 6.07) is 7.02. The molecule has 0 spiro atoms. The van der Waals surface area contributed by atoms with E-state index in [0.717, 1.165) is 26.1 Å². The number of amides is 2. The number of carbonyl (C=O) groups excluding carboxylic acids is 1. The fourth-order valence-electron chi connectivity index (χ4n) is 3.17. The normalized spacial score (nSPS) is 26.8. The molecule has 0 radical (unpaired) electrons. The van der Waals surface area contributed by atoms with Gasteiger partial charge in [-0.3, -0.25) is 0 Å². The van der Waals surface area contributed by atoms with Crippen molar-refractivity contribution in [2.45, 2.75) is 32.4 Å². The molecule has 1 aromatic rings. The molecule has 2 N–H and O–H groups in total. The van der Waals surface area contributed by atoms with Crippen molar-refractivity contribution in [3.8, 4) is 0 Å². The van der Waals surface area contributed by atoms with Gasteiger partial charge < -0.3 is 15.5 Å². The van der Waals surface area contributed by atoms with Gasteiger partial charge in [-0.05, 0) is 37.9 Å². The van der Waals surface area contributed by atoms with Crippen LogP contribution in [0.1, 0.15) is 29.2 Å². The van der Waals surface area contributed by atoms with Crippen LogP contribution < -0.4 is 10.6 Å². The highest BCUT2D eigenvalue weighted by atomic mass is 16.2. The molecule has 2 aliphatic heterocycles.